The van der Waals surface area contributed by atoms with Crippen LogP contribution in [0.25, 0.3) is 0 Å². The largest absolute Gasteiger partial charge is 0.368 e. The van der Waals surface area contributed by atoms with E-state index < -0.39 is 10.8 Å². The van der Waals surface area contributed by atoms with Crippen LogP contribution in [0.4, 0.5) is 17.1 Å². The number of amides is 1. The van der Waals surface area contributed by atoms with Gasteiger partial charge >= 0.3 is 0 Å². The highest BCUT2D eigenvalue weighted by Gasteiger charge is 2.19. The molecule has 130 valence electrons. The molecule has 1 fully saturated rings. The van der Waals surface area contributed by atoms with Crippen LogP contribution in [0.15, 0.2) is 42.6 Å². The maximum absolute atomic E-state index is 11.6. The number of aromatic nitrogens is 1. The second-order valence-corrected chi connectivity index (χ2v) is 5.62. The maximum Gasteiger partial charge on any atom is 0.283 e. The molecule has 1 saturated heterocycles. The van der Waals surface area contributed by atoms with E-state index in [4.69, 9.17) is 5.84 Å². The topological polar surface area (TPSA) is 118 Å². The van der Waals surface area contributed by atoms with Crippen molar-refractivity contribution in [2.75, 3.05) is 36.0 Å². The van der Waals surface area contributed by atoms with E-state index in [1.807, 2.05) is 6.07 Å². The number of nitrogens with two attached hydrogens (primary N) is 1. The summed E-state index contributed by atoms with van der Waals surface area (Å²) in [6.45, 7) is 3.09. The number of nitrogens with zero attached hydrogens (tertiary/aromatic N) is 4. The number of nitro benzene ring substituents is 1. The summed E-state index contributed by atoms with van der Waals surface area (Å²) in [4.78, 5) is 30.3. The number of carbonyl (C=O) groups excluding carboxylic acids is 1. The number of non-ortho nitro benzene ring substituents is 1. The van der Waals surface area contributed by atoms with Crippen molar-refractivity contribution < 1.29 is 9.72 Å². The van der Waals surface area contributed by atoms with Gasteiger partial charge in [-0.25, -0.2) is 5.84 Å². The Hall–Kier alpha value is -3.20. The summed E-state index contributed by atoms with van der Waals surface area (Å²) in [5.41, 5.74) is 4.32. The molecule has 1 aliphatic heterocycles. The molecule has 1 aromatic heterocycles. The first-order valence-electron chi connectivity index (χ1n) is 7.80. The highest BCUT2D eigenvalue weighted by atomic mass is 16.6. The molecule has 1 amide bonds. The highest BCUT2D eigenvalue weighted by Crippen LogP contribution is 2.23. The maximum atomic E-state index is 11.6. The van der Waals surface area contributed by atoms with Crippen LogP contribution in [-0.4, -0.2) is 42.0 Å². The first kappa shape index (κ1) is 16.7. The fourth-order valence-electron chi connectivity index (χ4n) is 2.82. The molecule has 2 heterocycles. The van der Waals surface area contributed by atoms with Gasteiger partial charge in [0.05, 0.1) is 4.92 Å². The SMILES string of the molecule is NNC(=O)c1cc(N2CCN(c3ccc([N+](=O)[O-])cc3)CC2)ccn1. The molecule has 1 aliphatic rings. The number of hydrogen-bond acceptors (Lipinski definition) is 7. The molecule has 0 saturated carbocycles. The van der Waals surface area contributed by atoms with Crippen molar-refractivity contribution in [1.82, 2.24) is 10.4 Å². The standard InChI is InChI=1S/C16H18N6O3/c17-19-16(23)15-11-14(5-6-18-15)21-9-7-20(8-10-21)12-1-3-13(4-2-12)22(24)25/h1-6,11H,7-10,17H2,(H,19,23). The van der Waals surface area contributed by atoms with Crippen molar-refractivity contribution in [2.45, 2.75) is 0 Å². The third-order valence-corrected chi connectivity index (χ3v) is 4.18. The van der Waals surface area contributed by atoms with Crippen molar-refractivity contribution in [1.29, 1.82) is 0 Å². The first-order valence-corrected chi connectivity index (χ1v) is 7.80. The van der Waals surface area contributed by atoms with Crippen LogP contribution in [0.1, 0.15) is 10.5 Å². The summed E-state index contributed by atoms with van der Waals surface area (Å²) in [6, 6.07) is 10.1. The summed E-state index contributed by atoms with van der Waals surface area (Å²) in [5, 5.41) is 10.7. The fourth-order valence-corrected chi connectivity index (χ4v) is 2.82. The lowest BCUT2D eigenvalue weighted by Crippen LogP contribution is -2.46. The van der Waals surface area contributed by atoms with Crippen LogP contribution in [0, 0.1) is 10.1 Å². The van der Waals surface area contributed by atoms with Crippen molar-refractivity contribution in [3.63, 3.8) is 0 Å². The van der Waals surface area contributed by atoms with Crippen molar-refractivity contribution >= 4 is 23.0 Å². The van der Waals surface area contributed by atoms with E-state index >= 15 is 0 Å². The van der Waals surface area contributed by atoms with Gasteiger partial charge in [0.1, 0.15) is 5.69 Å². The fraction of sp³-hybridized carbons (Fsp3) is 0.250. The molecule has 9 nitrogen and oxygen atoms in total. The molecule has 3 rings (SSSR count). The zero-order valence-corrected chi connectivity index (χ0v) is 13.5. The van der Waals surface area contributed by atoms with E-state index in [-0.39, 0.29) is 11.4 Å². The van der Waals surface area contributed by atoms with Gasteiger partial charge in [0.2, 0.25) is 0 Å². The molecule has 0 atom stereocenters. The third-order valence-electron chi connectivity index (χ3n) is 4.18. The monoisotopic (exact) mass is 342 g/mol. The van der Waals surface area contributed by atoms with E-state index in [0.717, 1.165) is 37.6 Å². The second-order valence-electron chi connectivity index (χ2n) is 5.62. The van der Waals surface area contributed by atoms with Gasteiger partial charge < -0.3 is 9.80 Å². The zero-order chi connectivity index (χ0) is 17.8. The second kappa shape index (κ2) is 7.14. The minimum atomic E-state index is -0.425. The number of benzene rings is 1. The molecule has 3 N–H and O–H groups in total. The van der Waals surface area contributed by atoms with Gasteiger partial charge in [0, 0.05) is 55.9 Å². The van der Waals surface area contributed by atoms with Gasteiger partial charge in [0.15, 0.2) is 0 Å². The number of pyridine rings is 1. The number of rotatable bonds is 4. The molecule has 0 radical (unpaired) electrons. The summed E-state index contributed by atoms with van der Waals surface area (Å²) >= 11 is 0. The van der Waals surface area contributed by atoms with Gasteiger partial charge in [0.25, 0.3) is 11.6 Å². The van der Waals surface area contributed by atoms with Crippen LogP contribution >= 0.6 is 0 Å². The lowest BCUT2D eigenvalue weighted by Gasteiger charge is -2.37. The van der Waals surface area contributed by atoms with Gasteiger partial charge in [-0.1, -0.05) is 0 Å². The average Bonchev–Trinajstić information content (AvgIpc) is 2.67. The van der Waals surface area contributed by atoms with Crippen molar-refractivity contribution in [2.24, 2.45) is 5.84 Å². The van der Waals surface area contributed by atoms with Crippen LogP contribution in [0.5, 0.6) is 0 Å². The quantitative estimate of drug-likeness (QED) is 0.367. The third kappa shape index (κ3) is 3.66. The Bertz CT molecular complexity index is 772. The van der Waals surface area contributed by atoms with E-state index in [1.165, 1.54) is 12.1 Å². The van der Waals surface area contributed by atoms with Crippen molar-refractivity contribution in [3.05, 3.63) is 58.4 Å². The zero-order valence-electron chi connectivity index (χ0n) is 13.5. The lowest BCUT2D eigenvalue weighted by atomic mass is 10.2. The predicted octanol–water partition coefficient (Wildman–Crippen LogP) is 0.920. The van der Waals surface area contributed by atoms with Crippen LogP contribution in [-0.2, 0) is 0 Å². The number of hydrogen-bond donors (Lipinski definition) is 2. The molecule has 0 aliphatic carbocycles. The molecule has 1 aromatic carbocycles. The lowest BCUT2D eigenvalue weighted by molar-refractivity contribution is -0.384. The normalized spacial score (nSPS) is 14.3. The average molecular weight is 342 g/mol. The summed E-state index contributed by atoms with van der Waals surface area (Å²) in [5.74, 6) is 4.72. The van der Waals surface area contributed by atoms with E-state index in [0.29, 0.717) is 0 Å². The molecule has 0 unspecified atom stereocenters. The Morgan fingerprint density at radius 3 is 2.24 bits per heavy atom. The number of nitrogen functional groups attached to an aromatic ring is 1. The Kier molecular flexibility index (Phi) is 4.75. The summed E-state index contributed by atoms with van der Waals surface area (Å²) < 4.78 is 0. The van der Waals surface area contributed by atoms with E-state index in [1.54, 1.807) is 24.4 Å². The molecule has 0 bridgehead atoms. The van der Waals surface area contributed by atoms with E-state index in [9.17, 15) is 14.9 Å². The Morgan fingerprint density at radius 1 is 1.08 bits per heavy atom. The minimum Gasteiger partial charge on any atom is -0.368 e. The molecular formula is C16H18N6O3. The number of nitrogens with one attached hydrogen (secondary N) is 1. The summed E-state index contributed by atoms with van der Waals surface area (Å²) in [7, 11) is 0. The van der Waals surface area contributed by atoms with Gasteiger partial charge in [-0.3, -0.25) is 25.3 Å². The van der Waals surface area contributed by atoms with Gasteiger partial charge in [-0.2, -0.15) is 0 Å². The molecule has 25 heavy (non-hydrogen) atoms. The Labute approximate surface area is 144 Å². The number of piperazine rings is 1. The first-order chi connectivity index (χ1) is 12.1. The predicted molar refractivity (Wildman–Crippen MR) is 93.4 cm³/mol. The highest BCUT2D eigenvalue weighted by molar-refractivity contribution is 5.92. The number of anilines is 2. The van der Waals surface area contributed by atoms with Crippen LogP contribution < -0.4 is 21.1 Å². The molecule has 0 spiro atoms. The minimum absolute atomic E-state index is 0.0879. The molecular weight excluding hydrogens is 324 g/mol. The van der Waals surface area contributed by atoms with Gasteiger partial charge in [-0.05, 0) is 24.3 Å². The molecule has 9 heteroatoms. The van der Waals surface area contributed by atoms with Gasteiger partial charge in [-0.15, -0.1) is 0 Å². The Morgan fingerprint density at radius 2 is 1.68 bits per heavy atom. The molecule has 2 aromatic rings. The van der Waals surface area contributed by atoms with E-state index in [2.05, 4.69) is 20.2 Å². The number of hydrazine groups is 1. The number of nitro groups is 1. The Balaban J connectivity index is 1.65. The van der Waals surface area contributed by atoms with Crippen molar-refractivity contribution in [3.8, 4) is 0 Å². The smallest absolute Gasteiger partial charge is 0.283 e. The summed E-state index contributed by atoms with van der Waals surface area (Å²) in [6.07, 6.45) is 1.59. The number of carbonyl (C=O) groups is 1. The van der Waals surface area contributed by atoms with Crippen LogP contribution in [0.2, 0.25) is 0 Å². The van der Waals surface area contributed by atoms with Crippen LogP contribution in [0.3, 0.4) is 0 Å².